The lowest BCUT2D eigenvalue weighted by atomic mass is 9.92. The topological polar surface area (TPSA) is 88.7 Å². The van der Waals surface area contributed by atoms with E-state index >= 15 is 0 Å². The number of H-pyrrole nitrogens is 1. The van der Waals surface area contributed by atoms with Gasteiger partial charge in [-0.3, -0.25) is 4.79 Å². The predicted octanol–water partition coefficient (Wildman–Crippen LogP) is 0.999. The number of imidazole rings is 1. The van der Waals surface area contributed by atoms with E-state index < -0.39 is 0 Å². The molecule has 0 spiro atoms. The smallest absolute Gasteiger partial charge is 0.230 e. The first-order valence-corrected chi connectivity index (χ1v) is 9.10. The van der Waals surface area contributed by atoms with Crippen LogP contribution < -0.4 is 10.2 Å². The number of ether oxygens (including phenoxy) is 3. The second kappa shape index (κ2) is 6.53. The molecule has 3 fully saturated rings. The van der Waals surface area contributed by atoms with Crippen LogP contribution in [0.3, 0.4) is 0 Å². The van der Waals surface area contributed by atoms with Crippen LogP contribution in [0.2, 0.25) is 0 Å². The Balaban J connectivity index is 1.32. The predicted molar refractivity (Wildman–Crippen MR) is 95.3 cm³/mol. The normalized spacial score (nSPS) is 28.5. The number of carbonyl (C=O) groups is 1. The number of hydrogen-bond acceptors (Lipinski definition) is 6. The van der Waals surface area contributed by atoms with Crippen molar-refractivity contribution in [3.8, 4) is 0 Å². The van der Waals surface area contributed by atoms with Gasteiger partial charge < -0.3 is 29.4 Å². The van der Waals surface area contributed by atoms with Crippen molar-refractivity contribution in [3.63, 3.8) is 0 Å². The number of hydrogen-bond donors (Lipinski definition) is 2. The summed E-state index contributed by atoms with van der Waals surface area (Å²) in [5.41, 5.74) is 2.56. The summed E-state index contributed by atoms with van der Waals surface area (Å²) in [6, 6.07) is 5.75. The van der Waals surface area contributed by atoms with E-state index in [2.05, 4.69) is 20.2 Å². The molecule has 5 rings (SSSR count). The third-order valence-electron chi connectivity index (χ3n) is 5.46. The van der Waals surface area contributed by atoms with E-state index in [9.17, 15) is 4.79 Å². The second-order valence-electron chi connectivity index (χ2n) is 7.06. The van der Waals surface area contributed by atoms with Gasteiger partial charge in [-0.15, -0.1) is 0 Å². The van der Waals surface area contributed by atoms with Crippen LogP contribution in [-0.2, 0) is 19.0 Å². The second-order valence-corrected chi connectivity index (χ2v) is 7.06. The summed E-state index contributed by atoms with van der Waals surface area (Å²) < 4.78 is 16.5. The van der Waals surface area contributed by atoms with Gasteiger partial charge in [0.2, 0.25) is 11.9 Å². The molecular formula is C18H22N4O4. The molecule has 2 aromatic rings. The molecule has 1 amide bonds. The highest BCUT2D eigenvalue weighted by Crippen LogP contribution is 2.33. The van der Waals surface area contributed by atoms with E-state index in [-0.39, 0.29) is 23.8 Å². The van der Waals surface area contributed by atoms with Gasteiger partial charge in [0.1, 0.15) is 0 Å². The van der Waals surface area contributed by atoms with E-state index in [0.717, 1.165) is 35.8 Å². The Hall–Kier alpha value is -2.16. The molecule has 3 aliphatic rings. The first-order chi connectivity index (χ1) is 12.8. The molecule has 0 saturated carbocycles. The zero-order valence-corrected chi connectivity index (χ0v) is 14.4. The van der Waals surface area contributed by atoms with Crippen LogP contribution >= 0.6 is 0 Å². The lowest BCUT2D eigenvalue weighted by Crippen LogP contribution is -2.36. The highest BCUT2D eigenvalue weighted by molar-refractivity contribution is 5.95. The number of aromatic amines is 1. The van der Waals surface area contributed by atoms with Gasteiger partial charge in [0, 0.05) is 24.7 Å². The van der Waals surface area contributed by atoms with Gasteiger partial charge >= 0.3 is 0 Å². The van der Waals surface area contributed by atoms with Crippen molar-refractivity contribution in [1.82, 2.24) is 9.97 Å². The summed E-state index contributed by atoms with van der Waals surface area (Å²) in [7, 11) is 0. The van der Waals surface area contributed by atoms with E-state index in [4.69, 9.17) is 14.2 Å². The number of morpholine rings is 1. The number of amides is 1. The molecule has 3 saturated heterocycles. The third kappa shape index (κ3) is 2.84. The highest BCUT2D eigenvalue weighted by atomic mass is 16.6. The maximum Gasteiger partial charge on any atom is 0.230 e. The first-order valence-electron chi connectivity index (χ1n) is 9.10. The molecule has 4 heterocycles. The minimum absolute atomic E-state index is 0.00438. The molecule has 8 heteroatoms. The van der Waals surface area contributed by atoms with Gasteiger partial charge in [0.25, 0.3) is 0 Å². The van der Waals surface area contributed by atoms with Gasteiger partial charge in [0.15, 0.2) is 0 Å². The number of carbonyl (C=O) groups excluding carboxylic acids is 1. The molecule has 0 radical (unpaired) electrons. The van der Waals surface area contributed by atoms with Crippen LogP contribution in [0.5, 0.6) is 0 Å². The largest absolute Gasteiger partial charge is 0.378 e. The lowest BCUT2D eigenvalue weighted by molar-refractivity contribution is -0.121. The molecule has 3 unspecified atom stereocenters. The van der Waals surface area contributed by atoms with Crippen molar-refractivity contribution < 1.29 is 19.0 Å². The fourth-order valence-corrected chi connectivity index (χ4v) is 3.95. The number of nitrogens with one attached hydrogen (secondary N) is 2. The number of rotatable bonds is 3. The summed E-state index contributed by atoms with van der Waals surface area (Å²) >= 11 is 0. The molecule has 8 nitrogen and oxygen atoms in total. The molecule has 3 atom stereocenters. The monoisotopic (exact) mass is 358 g/mol. The molecule has 1 aromatic heterocycles. The number of fused-ring (bicyclic) bond motifs is 2. The molecule has 3 aliphatic heterocycles. The number of aromatic nitrogens is 2. The van der Waals surface area contributed by atoms with Gasteiger partial charge in [-0.2, -0.15) is 0 Å². The highest BCUT2D eigenvalue weighted by Gasteiger charge is 2.44. The minimum atomic E-state index is -0.149. The van der Waals surface area contributed by atoms with E-state index in [0.29, 0.717) is 33.0 Å². The lowest BCUT2D eigenvalue weighted by Gasteiger charge is -2.26. The van der Waals surface area contributed by atoms with Crippen LogP contribution in [0.25, 0.3) is 11.0 Å². The Morgan fingerprint density at radius 3 is 2.96 bits per heavy atom. The fourth-order valence-electron chi connectivity index (χ4n) is 3.95. The maximum absolute atomic E-state index is 12.7. The van der Waals surface area contributed by atoms with Crippen LogP contribution in [0, 0.1) is 11.8 Å². The van der Waals surface area contributed by atoms with Crippen LogP contribution in [0.15, 0.2) is 18.2 Å². The summed E-state index contributed by atoms with van der Waals surface area (Å²) in [5.74, 6) is 0.861. The standard InChI is InChI=1S/C18H22N4O4/c23-17(13-9-26-16-10-25-8-12(13)16)19-11-1-2-14-15(7-11)21-18(20-14)22-3-5-24-6-4-22/h1-2,7,12-13,16H,3-6,8-10H2,(H,19,23)(H,20,21). The fraction of sp³-hybridized carbons (Fsp3) is 0.556. The molecule has 26 heavy (non-hydrogen) atoms. The van der Waals surface area contributed by atoms with Crippen molar-refractivity contribution in [2.24, 2.45) is 11.8 Å². The molecule has 0 aliphatic carbocycles. The Morgan fingerprint density at radius 1 is 1.19 bits per heavy atom. The minimum Gasteiger partial charge on any atom is -0.378 e. The maximum atomic E-state index is 12.7. The Morgan fingerprint density at radius 2 is 2.08 bits per heavy atom. The number of nitrogens with zero attached hydrogens (tertiary/aromatic N) is 2. The quantitative estimate of drug-likeness (QED) is 0.851. The van der Waals surface area contributed by atoms with Crippen molar-refractivity contribution in [2.75, 3.05) is 56.3 Å². The number of benzene rings is 1. The summed E-state index contributed by atoms with van der Waals surface area (Å²) in [4.78, 5) is 22.8. The van der Waals surface area contributed by atoms with Crippen LogP contribution in [0.4, 0.5) is 11.6 Å². The summed E-state index contributed by atoms with van der Waals surface area (Å²) in [6.45, 7) is 4.76. The van der Waals surface area contributed by atoms with Crippen LogP contribution in [-0.4, -0.2) is 68.1 Å². The zero-order valence-electron chi connectivity index (χ0n) is 14.4. The Labute approximate surface area is 150 Å². The van der Waals surface area contributed by atoms with Crippen molar-refractivity contribution in [1.29, 1.82) is 0 Å². The van der Waals surface area contributed by atoms with Crippen LogP contribution in [0.1, 0.15) is 0 Å². The Kier molecular flexibility index (Phi) is 4.03. The third-order valence-corrected chi connectivity index (χ3v) is 5.46. The Bertz CT molecular complexity index is 817. The van der Waals surface area contributed by atoms with Gasteiger partial charge in [-0.05, 0) is 18.2 Å². The first kappa shape index (κ1) is 16.0. The number of anilines is 2. The molecule has 138 valence electrons. The van der Waals surface area contributed by atoms with Crippen molar-refractivity contribution in [3.05, 3.63) is 18.2 Å². The van der Waals surface area contributed by atoms with Crippen molar-refractivity contribution >= 4 is 28.6 Å². The van der Waals surface area contributed by atoms with E-state index in [1.54, 1.807) is 0 Å². The molecular weight excluding hydrogens is 336 g/mol. The van der Waals surface area contributed by atoms with Crippen molar-refractivity contribution in [2.45, 2.75) is 6.10 Å². The summed E-state index contributed by atoms with van der Waals surface area (Å²) in [5, 5.41) is 3.02. The molecule has 1 aromatic carbocycles. The van der Waals surface area contributed by atoms with Gasteiger partial charge in [0.05, 0.1) is 56.1 Å². The summed E-state index contributed by atoms with van der Waals surface area (Å²) in [6.07, 6.45) is 0.0666. The average Bonchev–Trinajstić information content (AvgIpc) is 3.37. The molecule has 2 N–H and O–H groups in total. The van der Waals surface area contributed by atoms with Gasteiger partial charge in [-0.25, -0.2) is 4.98 Å². The van der Waals surface area contributed by atoms with E-state index in [1.165, 1.54) is 0 Å². The molecule has 0 bridgehead atoms. The zero-order chi connectivity index (χ0) is 17.5. The van der Waals surface area contributed by atoms with E-state index in [1.807, 2.05) is 18.2 Å². The SMILES string of the molecule is O=C(Nc1ccc2nc(N3CCOCC3)[nH]c2c1)C1COC2COCC21. The van der Waals surface area contributed by atoms with Gasteiger partial charge in [-0.1, -0.05) is 0 Å². The average molecular weight is 358 g/mol.